The molecule has 2 aromatic heterocycles. The van der Waals surface area contributed by atoms with E-state index in [-0.39, 0.29) is 10.7 Å². The number of aryl methyl sites for hydroxylation is 2. The van der Waals surface area contributed by atoms with E-state index in [1.165, 1.54) is 6.26 Å². The van der Waals surface area contributed by atoms with Crippen LogP contribution in [0.2, 0.25) is 0 Å². The number of hydrogen-bond donors (Lipinski definition) is 1. The van der Waals surface area contributed by atoms with E-state index in [0.29, 0.717) is 23.5 Å². The molecule has 0 aliphatic carbocycles. The first-order valence-corrected chi connectivity index (χ1v) is 8.88. The van der Waals surface area contributed by atoms with E-state index in [9.17, 15) is 8.42 Å². The molecule has 3 rings (SSSR count). The van der Waals surface area contributed by atoms with Gasteiger partial charge in [0.05, 0.1) is 17.9 Å². The summed E-state index contributed by atoms with van der Waals surface area (Å²) in [6.07, 6.45) is 1.39. The summed E-state index contributed by atoms with van der Waals surface area (Å²) in [5.74, 6) is 0.185. The summed E-state index contributed by atoms with van der Waals surface area (Å²) in [4.78, 5) is 0.167. The minimum Gasteiger partial charge on any atom is -0.362 e. The molecule has 3 aromatic rings. The Hall–Kier alpha value is -2.61. The van der Waals surface area contributed by atoms with Crippen LogP contribution in [-0.4, -0.2) is 23.4 Å². The summed E-state index contributed by atoms with van der Waals surface area (Å²) in [6.45, 7) is 5.64. The van der Waals surface area contributed by atoms with Crippen molar-refractivity contribution in [3.63, 3.8) is 0 Å². The summed E-state index contributed by atoms with van der Waals surface area (Å²) in [7, 11) is -3.79. The Morgan fingerprint density at radius 2 is 1.88 bits per heavy atom. The van der Waals surface area contributed by atoms with Crippen LogP contribution in [0.1, 0.15) is 22.5 Å². The fourth-order valence-electron chi connectivity index (χ4n) is 2.54. The minimum atomic E-state index is -3.79. The van der Waals surface area contributed by atoms with Gasteiger partial charge in [0.25, 0.3) is 10.0 Å². The molecule has 0 amide bonds. The predicted molar refractivity (Wildman–Crippen MR) is 89.3 cm³/mol. The van der Waals surface area contributed by atoms with Crippen LogP contribution >= 0.6 is 0 Å². The summed E-state index contributed by atoms with van der Waals surface area (Å²) >= 11 is 0. The average molecular weight is 346 g/mol. The lowest BCUT2D eigenvalue weighted by Crippen LogP contribution is -2.16. The highest BCUT2D eigenvalue weighted by molar-refractivity contribution is 7.92. The number of sulfonamides is 1. The van der Waals surface area contributed by atoms with Gasteiger partial charge in [-0.1, -0.05) is 35.5 Å². The zero-order valence-corrected chi connectivity index (χ0v) is 14.5. The third-order valence-corrected chi connectivity index (χ3v) is 5.33. The van der Waals surface area contributed by atoms with E-state index >= 15 is 0 Å². The van der Waals surface area contributed by atoms with Crippen molar-refractivity contribution in [3.8, 4) is 0 Å². The summed E-state index contributed by atoms with van der Waals surface area (Å²) in [5, 5.41) is 8.04. The lowest BCUT2D eigenvalue weighted by atomic mass is 10.2. The molecule has 2 heterocycles. The van der Waals surface area contributed by atoms with Gasteiger partial charge in [-0.25, -0.2) is 8.42 Å². The minimum absolute atomic E-state index is 0.167. The fourth-order valence-corrected chi connectivity index (χ4v) is 4.02. The van der Waals surface area contributed by atoms with Crippen LogP contribution < -0.4 is 4.72 Å². The summed E-state index contributed by atoms with van der Waals surface area (Å²) in [6, 6.07) is 9.76. The number of benzene rings is 1. The van der Waals surface area contributed by atoms with Crippen molar-refractivity contribution in [1.29, 1.82) is 0 Å². The van der Waals surface area contributed by atoms with Crippen LogP contribution in [0.3, 0.4) is 0 Å². The Balaban J connectivity index is 1.95. The number of rotatable bonds is 5. The van der Waals surface area contributed by atoms with Crippen LogP contribution in [0.25, 0.3) is 0 Å². The zero-order valence-electron chi connectivity index (χ0n) is 13.6. The SMILES string of the molecule is Cc1conc1NS(=O)(=O)c1c(C)nn(Cc2ccccc2)c1C. The third kappa shape index (κ3) is 3.05. The molecule has 1 aromatic carbocycles. The van der Waals surface area contributed by atoms with Gasteiger partial charge in [0.1, 0.15) is 11.2 Å². The van der Waals surface area contributed by atoms with E-state index < -0.39 is 10.0 Å². The molecule has 0 spiro atoms. The van der Waals surface area contributed by atoms with Gasteiger partial charge in [0.2, 0.25) is 0 Å². The van der Waals surface area contributed by atoms with E-state index in [1.807, 2.05) is 30.3 Å². The smallest absolute Gasteiger partial charge is 0.266 e. The zero-order chi connectivity index (χ0) is 17.3. The number of aromatic nitrogens is 3. The molecular formula is C16H18N4O3S. The van der Waals surface area contributed by atoms with Crippen molar-refractivity contribution in [1.82, 2.24) is 14.9 Å². The van der Waals surface area contributed by atoms with Crippen molar-refractivity contribution in [2.45, 2.75) is 32.2 Å². The molecule has 7 nitrogen and oxygen atoms in total. The summed E-state index contributed by atoms with van der Waals surface area (Å²) < 4.78 is 34.3. The number of hydrogen-bond acceptors (Lipinski definition) is 5. The maximum atomic E-state index is 12.7. The number of nitrogens with one attached hydrogen (secondary N) is 1. The molecule has 0 radical (unpaired) electrons. The highest BCUT2D eigenvalue weighted by Crippen LogP contribution is 2.24. The van der Waals surface area contributed by atoms with Crippen molar-refractivity contribution in [2.24, 2.45) is 0 Å². The molecule has 0 aliphatic rings. The van der Waals surface area contributed by atoms with Crippen LogP contribution in [0.5, 0.6) is 0 Å². The first-order chi connectivity index (χ1) is 11.4. The van der Waals surface area contributed by atoms with Gasteiger partial charge < -0.3 is 4.52 Å². The first kappa shape index (κ1) is 16.3. The molecule has 0 saturated heterocycles. The molecule has 1 N–H and O–H groups in total. The molecule has 126 valence electrons. The highest BCUT2D eigenvalue weighted by atomic mass is 32.2. The lowest BCUT2D eigenvalue weighted by Gasteiger charge is -2.07. The number of nitrogens with zero attached hydrogens (tertiary/aromatic N) is 3. The van der Waals surface area contributed by atoms with Gasteiger partial charge in [0.15, 0.2) is 5.82 Å². The van der Waals surface area contributed by atoms with Crippen LogP contribution in [0, 0.1) is 20.8 Å². The van der Waals surface area contributed by atoms with Gasteiger partial charge in [0, 0.05) is 5.56 Å². The van der Waals surface area contributed by atoms with E-state index in [4.69, 9.17) is 4.52 Å². The Bertz CT molecular complexity index is 959. The van der Waals surface area contributed by atoms with Crippen molar-refractivity contribution in [2.75, 3.05) is 4.72 Å². The fraction of sp³-hybridized carbons (Fsp3) is 0.250. The average Bonchev–Trinajstić information content (AvgIpc) is 3.04. The molecule has 0 atom stereocenters. The van der Waals surface area contributed by atoms with Gasteiger partial charge in [-0.15, -0.1) is 0 Å². The van der Waals surface area contributed by atoms with Crippen molar-refractivity contribution in [3.05, 3.63) is 59.1 Å². The monoisotopic (exact) mass is 346 g/mol. The van der Waals surface area contributed by atoms with Crippen molar-refractivity contribution < 1.29 is 12.9 Å². The maximum absolute atomic E-state index is 12.7. The van der Waals surface area contributed by atoms with Crippen molar-refractivity contribution >= 4 is 15.8 Å². The first-order valence-electron chi connectivity index (χ1n) is 7.40. The molecule has 8 heteroatoms. The van der Waals surface area contributed by atoms with E-state index in [2.05, 4.69) is 15.0 Å². The number of anilines is 1. The Kier molecular flexibility index (Phi) is 4.15. The molecule has 0 fully saturated rings. The van der Waals surface area contributed by atoms with Gasteiger partial charge >= 0.3 is 0 Å². The molecule has 24 heavy (non-hydrogen) atoms. The molecule has 0 bridgehead atoms. The molecule has 0 unspecified atom stereocenters. The van der Waals surface area contributed by atoms with Crippen LogP contribution in [-0.2, 0) is 16.6 Å². The highest BCUT2D eigenvalue weighted by Gasteiger charge is 2.26. The Labute approximate surface area is 140 Å². The second-order valence-electron chi connectivity index (χ2n) is 5.59. The van der Waals surface area contributed by atoms with Crippen LogP contribution in [0.15, 0.2) is 46.0 Å². The largest absolute Gasteiger partial charge is 0.362 e. The molecule has 0 aliphatic heterocycles. The predicted octanol–water partition coefficient (Wildman–Crippen LogP) is 2.65. The van der Waals surface area contributed by atoms with E-state index in [0.717, 1.165) is 5.56 Å². The van der Waals surface area contributed by atoms with Gasteiger partial charge in [-0.3, -0.25) is 9.40 Å². The standard InChI is InChI=1S/C16H18N4O3S/c1-11-10-23-18-16(11)19-24(21,22)15-12(2)17-20(13(15)3)9-14-7-5-4-6-8-14/h4-8,10H,9H2,1-3H3,(H,18,19). The molecular weight excluding hydrogens is 328 g/mol. The summed E-state index contributed by atoms with van der Waals surface area (Å²) in [5.41, 5.74) is 2.68. The second-order valence-corrected chi connectivity index (χ2v) is 7.21. The lowest BCUT2D eigenvalue weighted by molar-refractivity contribution is 0.422. The third-order valence-electron chi connectivity index (χ3n) is 3.74. The quantitative estimate of drug-likeness (QED) is 0.767. The van der Waals surface area contributed by atoms with Gasteiger partial charge in [-0.05, 0) is 26.3 Å². The van der Waals surface area contributed by atoms with Crippen LogP contribution in [0.4, 0.5) is 5.82 Å². The maximum Gasteiger partial charge on any atom is 0.266 e. The van der Waals surface area contributed by atoms with E-state index in [1.54, 1.807) is 25.5 Å². The Morgan fingerprint density at radius 1 is 1.17 bits per heavy atom. The molecule has 0 saturated carbocycles. The Morgan fingerprint density at radius 3 is 2.50 bits per heavy atom. The second kappa shape index (κ2) is 6.12. The normalized spacial score (nSPS) is 11.6. The van der Waals surface area contributed by atoms with Gasteiger partial charge in [-0.2, -0.15) is 5.10 Å². The topological polar surface area (TPSA) is 90.0 Å².